The third-order valence-electron chi connectivity index (χ3n) is 2.82. The van der Waals surface area contributed by atoms with Crippen molar-refractivity contribution in [1.29, 1.82) is 0 Å². The van der Waals surface area contributed by atoms with Crippen LogP contribution in [-0.2, 0) is 0 Å². The van der Waals surface area contributed by atoms with E-state index in [1.165, 1.54) is 11.1 Å². The largest absolute Gasteiger partial charge is 0.308 e. The third-order valence-corrected chi connectivity index (χ3v) is 2.82. The molecule has 0 saturated heterocycles. The number of hydrogen-bond acceptors (Lipinski definition) is 1. The molecule has 0 N–H and O–H groups in total. The smallest absolute Gasteiger partial charge is 0.136 e. The van der Waals surface area contributed by atoms with Crippen molar-refractivity contribution in [3.05, 3.63) is 35.8 Å². The number of aromatic nitrogens is 2. The van der Waals surface area contributed by atoms with E-state index in [9.17, 15) is 0 Å². The lowest BCUT2D eigenvalue weighted by Gasteiger charge is -2.04. The zero-order valence-corrected chi connectivity index (χ0v) is 9.86. The third kappa shape index (κ3) is 1.89. The molecule has 2 heterocycles. The molecule has 0 saturated carbocycles. The summed E-state index contributed by atoms with van der Waals surface area (Å²) in [6, 6.07) is 2.16. The fraction of sp³-hybridized carbons (Fsp3) is 0.462. The van der Waals surface area contributed by atoms with Crippen LogP contribution in [0.1, 0.15) is 50.7 Å². The minimum absolute atomic E-state index is 0.534. The van der Waals surface area contributed by atoms with Crippen molar-refractivity contribution in [3.63, 3.8) is 0 Å². The number of hydrogen-bond donors (Lipinski definition) is 0. The Morgan fingerprint density at radius 1 is 1.00 bits per heavy atom. The second kappa shape index (κ2) is 3.69. The normalized spacial score (nSPS) is 11.9. The van der Waals surface area contributed by atoms with Gasteiger partial charge in [-0.25, -0.2) is 4.98 Å². The van der Waals surface area contributed by atoms with Crippen LogP contribution in [0.15, 0.2) is 24.7 Å². The molecule has 0 radical (unpaired) electrons. The van der Waals surface area contributed by atoms with Gasteiger partial charge in [-0.15, -0.1) is 0 Å². The molecule has 0 aliphatic rings. The molecule has 0 atom stereocenters. The second-order valence-corrected chi connectivity index (χ2v) is 4.74. The Morgan fingerprint density at radius 2 is 1.60 bits per heavy atom. The Balaban J connectivity index is 2.52. The number of nitrogens with zero attached hydrogens (tertiary/aromatic N) is 2. The molecule has 2 heteroatoms. The first-order chi connectivity index (χ1) is 7.08. The highest BCUT2D eigenvalue weighted by molar-refractivity contribution is 5.44. The lowest BCUT2D eigenvalue weighted by molar-refractivity contribution is 0.839. The summed E-state index contributed by atoms with van der Waals surface area (Å²) in [7, 11) is 0. The second-order valence-electron chi connectivity index (χ2n) is 4.74. The molecule has 0 aromatic carbocycles. The molecule has 80 valence electrons. The average molecular weight is 202 g/mol. The SMILES string of the molecule is CC(C)c1cnc2cc(C(C)C)cn2c1. The monoisotopic (exact) mass is 202 g/mol. The van der Waals surface area contributed by atoms with Gasteiger partial charge >= 0.3 is 0 Å². The van der Waals surface area contributed by atoms with Gasteiger partial charge in [0.25, 0.3) is 0 Å². The molecule has 2 aromatic heterocycles. The van der Waals surface area contributed by atoms with Crippen LogP contribution in [-0.4, -0.2) is 9.38 Å². The summed E-state index contributed by atoms with van der Waals surface area (Å²) >= 11 is 0. The molecule has 0 fully saturated rings. The van der Waals surface area contributed by atoms with E-state index in [1.54, 1.807) is 0 Å². The Bertz CT molecular complexity index is 460. The molecule has 2 nitrogen and oxygen atoms in total. The highest BCUT2D eigenvalue weighted by atomic mass is 15.0. The molecule has 0 aliphatic heterocycles. The maximum atomic E-state index is 4.47. The molecule has 0 amide bonds. The average Bonchev–Trinajstić information content (AvgIpc) is 2.59. The van der Waals surface area contributed by atoms with Crippen molar-refractivity contribution < 1.29 is 0 Å². The summed E-state index contributed by atoms with van der Waals surface area (Å²) in [5, 5.41) is 0. The summed E-state index contributed by atoms with van der Waals surface area (Å²) in [5.74, 6) is 1.10. The van der Waals surface area contributed by atoms with E-state index < -0.39 is 0 Å². The zero-order chi connectivity index (χ0) is 11.0. The molecule has 0 unspecified atom stereocenters. The number of rotatable bonds is 2. The van der Waals surface area contributed by atoms with E-state index in [0.717, 1.165) is 5.65 Å². The lowest BCUT2D eigenvalue weighted by Crippen LogP contribution is -1.93. The first kappa shape index (κ1) is 10.2. The van der Waals surface area contributed by atoms with E-state index in [1.807, 2.05) is 6.20 Å². The summed E-state index contributed by atoms with van der Waals surface area (Å²) in [4.78, 5) is 4.47. The van der Waals surface area contributed by atoms with Crippen molar-refractivity contribution in [2.45, 2.75) is 39.5 Å². The van der Waals surface area contributed by atoms with Crippen LogP contribution in [0.5, 0.6) is 0 Å². The molecule has 0 bridgehead atoms. The van der Waals surface area contributed by atoms with Crippen molar-refractivity contribution in [1.82, 2.24) is 9.38 Å². The Kier molecular flexibility index (Phi) is 2.51. The quantitative estimate of drug-likeness (QED) is 0.727. The van der Waals surface area contributed by atoms with Gasteiger partial charge in [0.1, 0.15) is 5.65 Å². The molecule has 0 spiro atoms. The first-order valence-corrected chi connectivity index (χ1v) is 5.55. The maximum absolute atomic E-state index is 4.47. The van der Waals surface area contributed by atoms with Crippen LogP contribution in [0.25, 0.3) is 5.65 Å². The van der Waals surface area contributed by atoms with Crippen LogP contribution < -0.4 is 0 Å². The standard InChI is InChI=1S/C13H18N2/c1-9(2)11-5-13-14-6-12(10(3)4)8-15(13)7-11/h5-10H,1-4H3. The van der Waals surface area contributed by atoms with Crippen LogP contribution >= 0.6 is 0 Å². The van der Waals surface area contributed by atoms with Crippen LogP contribution in [0, 0.1) is 0 Å². The molecule has 0 aliphatic carbocycles. The number of fused-ring (bicyclic) bond motifs is 1. The van der Waals surface area contributed by atoms with Crippen LogP contribution in [0.4, 0.5) is 0 Å². The zero-order valence-electron chi connectivity index (χ0n) is 9.86. The maximum Gasteiger partial charge on any atom is 0.136 e. The predicted octanol–water partition coefficient (Wildman–Crippen LogP) is 3.58. The van der Waals surface area contributed by atoms with Gasteiger partial charge in [-0.2, -0.15) is 0 Å². The molecular weight excluding hydrogens is 184 g/mol. The summed E-state index contributed by atoms with van der Waals surface area (Å²) in [6.07, 6.45) is 6.34. The Labute approximate surface area is 91.0 Å². The molecule has 2 aromatic rings. The van der Waals surface area contributed by atoms with Gasteiger partial charge in [0.05, 0.1) is 0 Å². The summed E-state index contributed by atoms with van der Waals surface area (Å²) in [6.45, 7) is 8.79. The van der Waals surface area contributed by atoms with Gasteiger partial charge in [-0.1, -0.05) is 27.7 Å². The van der Waals surface area contributed by atoms with Gasteiger partial charge in [-0.3, -0.25) is 0 Å². The van der Waals surface area contributed by atoms with Gasteiger partial charge in [-0.05, 0) is 29.0 Å². The van der Waals surface area contributed by atoms with Crippen LogP contribution in [0.3, 0.4) is 0 Å². The van der Waals surface area contributed by atoms with E-state index >= 15 is 0 Å². The minimum atomic E-state index is 0.534. The van der Waals surface area contributed by atoms with Gasteiger partial charge in [0.2, 0.25) is 0 Å². The van der Waals surface area contributed by atoms with Gasteiger partial charge in [0.15, 0.2) is 0 Å². The topological polar surface area (TPSA) is 17.3 Å². The Morgan fingerprint density at radius 3 is 2.20 bits per heavy atom. The van der Waals surface area contributed by atoms with E-state index in [2.05, 4.69) is 55.5 Å². The molecule has 2 rings (SSSR count). The molecular formula is C13H18N2. The van der Waals surface area contributed by atoms with Gasteiger partial charge < -0.3 is 4.40 Å². The van der Waals surface area contributed by atoms with Crippen molar-refractivity contribution in [3.8, 4) is 0 Å². The highest BCUT2D eigenvalue weighted by Gasteiger charge is 2.06. The van der Waals surface area contributed by atoms with Gasteiger partial charge in [0, 0.05) is 18.6 Å². The predicted molar refractivity (Wildman–Crippen MR) is 63.4 cm³/mol. The van der Waals surface area contributed by atoms with E-state index in [0.29, 0.717) is 11.8 Å². The summed E-state index contributed by atoms with van der Waals surface area (Å²) in [5.41, 5.74) is 3.68. The minimum Gasteiger partial charge on any atom is -0.308 e. The molecule has 15 heavy (non-hydrogen) atoms. The highest BCUT2D eigenvalue weighted by Crippen LogP contribution is 2.19. The fourth-order valence-electron chi connectivity index (χ4n) is 1.64. The van der Waals surface area contributed by atoms with E-state index in [4.69, 9.17) is 0 Å². The van der Waals surface area contributed by atoms with Crippen molar-refractivity contribution in [2.75, 3.05) is 0 Å². The van der Waals surface area contributed by atoms with Crippen LogP contribution in [0.2, 0.25) is 0 Å². The van der Waals surface area contributed by atoms with Crippen molar-refractivity contribution >= 4 is 5.65 Å². The van der Waals surface area contributed by atoms with E-state index in [-0.39, 0.29) is 0 Å². The lowest BCUT2D eigenvalue weighted by atomic mass is 10.1. The van der Waals surface area contributed by atoms with Crippen molar-refractivity contribution in [2.24, 2.45) is 0 Å². The Hall–Kier alpha value is -1.31. The summed E-state index contributed by atoms with van der Waals surface area (Å²) < 4.78 is 2.13. The first-order valence-electron chi connectivity index (χ1n) is 5.55. The fourth-order valence-corrected chi connectivity index (χ4v) is 1.64.